The van der Waals surface area contributed by atoms with Crippen LogP contribution >= 0.6 is 0 Å². The van der Waals surface area contributed by atoms with Gasteiger partial charge in [0.15, 0.2) is 0 Å². The third-order valence-electron chi connectivity index (χ3n) is 3.33. The number of hydrogen-bond donors (Lipinski definition) is 1. The molecule has 1 heterocycles. The summed E-state index contributed by atoms with van der Waals surface area (Å²) < 4.78 is 10.9. The Morgan fingerprint density at radius 2 is 2.16 bits per heavy atom. The largest absolute Gasteiger partial charge is 0.492 e. The van der Waals surface area contributed by atoms with Gasteiger partial charge in [-0.25, -0.2) is 0 Å². The lowest BCUT2D eigenvalue weighted by molar-refractivity contribution is 0.198. The Balaban J connectivity index is 1.83. The van der Waals surface area contributed by atoms with Crippen molar-refractivity contribution in [3.8, 4) is 5.75 Å². The Morgan fingerprint density at radius 1 is 1.32 bits per heavy atom. The predicted octanol–water partition coefficient (Wildman–Crippen LogP) is 2.30. The van der Waals surface area contributed by atoms with Crippen molar-refractivity contribution in [3.05, 3.63) is 23.5 Å². The van der Waals surface area contributed by atoms with E-state index in [9.17, 15) is 0 Å². The summed E-state index contributed by atoms with van der Waals surface area (Å²) >= 11 is 0. The summed E-state index contributed by atoms with van der Waals surface area (Å²) in [6.45, 7) is 5.08. The number of aryl methyl sites for hydroxylation is 1. The zero-order valence-corrected chi connectivity index (χ0v) is 11.9. The van der Waals surface area contributed by atoms with E-state index < -0.39 is 0 Å². The van der Waals surface area contributed by atoms with E-state index in [4.69, 9.17) is 9.47 Å². The van der Waals surface area contributed by atoms with E-state index in [2.05, 4.69) is 10.3 Å². The lowest BCUT2D eigenvalue weighted by Crippen LogP contribution is -2.20. The Labute approximate surface area is 115 Å². The van der Waals surface area contributed by atoms with E-state index in [0.717, 1.165) is 42.8 Å². The summed E-state index contributed by atoms with van der Waals surface area (Å²) in [5, 5.41) is 3.31. The van der Waals surface area contributed by atoms with Crippen LogP contribution in [0.25, 0.3) is 0 Å². The standard InChI is InChI=1S/C15H24N2O2/c1-12-3-6-15(19-9-7-13-4-5-13)14(17-12)11-16-8-10-18-2/h3,6,13,16H,4-5,7-11H2,1-2H3. The summed E-state index contributed by atoms with van der Waals surface area (Å²) in [6.07, 6.45) is 3.92. The predicted molar refractivity (Wildman–Crippen MR) is 75.4 cm³/mol. The molecule has 0 amide bonds. The van der Waals surface area contributed by atoms with Crippen LogP contribution in [0.15, 0.2) is 12.1 Å². The average molecular weight is 264 g/mol. The maximum atomic E-state index is 5.87. The Kier molecular flexibility index (Phi) is 5.61. The minimum atomic E-state index is 0.712. The van der Waals surface area contributed by atoms with Crippen LogP contribution in [0.2, 0.25) is 0 Å². The number of aromatic nitrogens is 1. The molecule has 2 rings (SSSR count). The fourth-order valence-corrected chi connectivity index (χ4v) is 1.98. The van der Waals surface area contributed by atoms with Crippen LogP contribution in [0.4, 0.5) is 0 Å². The third kappa shape index (κ3) is 5.17. The van der Waals surface area contributed by atoms with E-state index in [1.807, 2.05) is 19.1 Å². The molecule has 0 aliphatic heterocycles. The van der Waals surface area contributed by atoms with Gasteiger partial charge in [0, 0.05) is 25.9 Å². The minimum Gasteiger partial charge on any atom is -0.492 e. The van der Waals surface area contributed by atoms with Crippen molar-refractivity contribution < 1.29 is 9.47 Å². The van der Waals surface area contributed by atoms with Crippen molar-refractivity contribution >= 4 is 0 Å². The van der Waals surface area contributed by atoms with Crippen molar-refractivity contribution in [2.45, 2.75) is 32.7 Å². The van der Waals surface area contributed by atoms with Crippen LogP contribution in [-0.4, -0.2) is 31.9 Å². The monoisotopic (exact) mass is 264 g/mol. The van der Waals surface area contributed by atoms with Gasteiger partial charge < -0.3 is 14.8 Å². The molecule has 0 spiro atoms. The van der Waals surface area contributed by atoms with Gasteiger partial charge in [-0.3, -0.25) is 4.98 Å². The van der Waals surface area contributed by atoms with Crippen LogP contribution in [0.3, 0.4) is 0 Å². The van der Waals surface area contributed by atoms with E-state index in [1.54, 1.807) is 7.11 Å². The van der Waals surface area contributed by atoms with E-state index in [1.165, 1.54) is 19.3 Å². The third-order valence-corrected chi connectivity index (χ3v) is 3.33. The first-order valence-electron chi connectivity index (χ1n) is 7.08. The second-order valence-corrected chi connectivity index (χ2v) is 5.15. The zero-order valence-electron chi connectivity index (χ0n) is 11.9. The first-order chi connectivity index (χ1) is 9.29. The maximum absolute atomic E-state index is 5.87. The van der Waals surface area contributed by atoms with Gasteiger partial charge >= 0.3 is 0 Å². The number of nitrogens with one attached hydrogen (secondary N) is 1. The highest BCUT2D eigenvalue weighted by molar-refractivity contribution is 5.29. The number of methoxy groups -OCH3 is 1. The van der Waals surface area contributed by atoms with Gasteiger partial charge in [0.2, 0.25) is 0 Å². The number of ether oxygens (including phenoxy) is 2. The van der Waals surface area contributed by atoms with Crippen LogP contribution in [-0.2, 0) is 11.3 Å². The van der Waals surface area contributed by atoms with Gasteiger partial charge in [-0.05, 0) is 31.4 Å². The summed E-state index contributed by atoms with van der Waals surface area (Å²) in [5.41, 5.74) is 2.02. The van der Waals surface area contributed by atoms with Crippen LogP contribution in [0, 0.1) is 12.8 Å². The molecule has 0 saturated heterocycles. The Morgan fingerprint density at radius 3 is 2.89 bits per heavy atom. The maximum Gasteiger partial charge on any atom is 0.142 e. The SMILES string of the molecule is COCCNCc1nc(C)ccc1OCCC1CC1. The number of rotatable bonds is 9. The smallest absolute Gasteiger partial charge is 0.142 e. The Hall–Kier alpha value is -1.13. The van der Waals surface area contributed by atoms with E-state index in [-0.39, 0.29) is 0 Å². The molecule has 0 radical (unpaired) electrons. The van der Waals surface area contributed by atoms with Crippen LogP contribution in [0.5, 0.6) is 5.75 Å². The molecule has 106 valence electrons. The fraction of sp³-hybridized carbons (Fsp3) is 0.667. The molecular weight excluding hydrogens is 240 g/mol. The van der Waals surface area contributed by atoms with Crippen molar-refractivity contribution in [2.24, 2.45) is 5.92 Å². The molecule has 0 bridgehead atoms. The van der Waals surface area contributed by atoms with Gasteiger partial charge in [0.05, 0.1) is 18.9 Å². The van der Waals surface area contributed by atoms with Crippen molar-refractivity contribution in [2.75, 3.05) is 26.9 Å². The zero-order chi connectivity index (χ0) is 13.5. The molecule has 1 aliphatic carbocycles. The molecular formula is C15H24N2O2. The molecule has 1 aromatic heterocycles. The minimum absolute atomic E-state index is 0.712. The van der Waals surface area contributed by atoms with Gasteiger partial charge in [0.25, 0.3) is 0 Å². The summed E-state index contributed by atoms with van der Waals surface area (Å²) in [5.74, 6) is 1.82. The highest BCUT2D eigenvalue weighted by Crippen LogP contribution is 2.32. The summed E-state index contributed by atoms with van der Waals surface area (Å²) in [4.78, 5) is 4.56. The van der Waals surface area contributed by atoms with Gasteiger partial charge in [-0.2, -0.15) is 0 Å². The summed E-state index contributed by atoms with van der Waals surface area (Å²) in [7, 11) is 1.71. The van der Waals surface area contributed by atoms with Crippen LogP contribution < -0.4 is 10.1 Å². The van der Waals surface area contributed by atoms with E-state index >= 15 is 0 Å². The van der Waals surface area contributed by atoms with Crippen LogP contribution in [0.1, 0.15) is 30.7 Å². The lowest BCUT2D eigenvalue weighted by atomic mass is 10.2. The molecule has 1 aromatic rings. The lowest BCUT2D eigenvalue weighted by Gasteiger charge is -2.12. The molecule has 19 heavy (non-hydrogen) atoms. The summed E-state index contributed by atoms with van der Waals surface area (Å²) in [6, 6.07) is 4.04. The van der Waals surface area contributed by atoms with Crippen molar-refractivity contribution in [1.82, 2.24) is 10.3 Å². The molecule has 0 atom stereocenters. The number of pyridine rings is 1. The topological polar surface area (TPSA) is 43.4 Å². The molecule has 4 heteroatoms. The molecule has 1 N–H and O–H groups in total. The first-order valence-corrected chi connectivity index (χ1v) is 7.08. The fourth-order valence-electron chi connectivity index (χ4n) is 1.98. The Bertz CT molecular complexity index is 392. The second kappa shape index (κ2) is 7.46. The molecule has 1 aliphatic rings. The average Bonchev–Trinajstić information content (AvgIpc) is 3.21. The highest BCUT2D eigenvalue weighted by Gasteiger charge is 2.20. The van der Waals surface area contributed by atoms with Crippen molar-refractivity contribution in [1.29, 1.82) is 0 Å². The quantitative estimate of drug-likeness (QED) is 0.695. The first kappa shape index (κ1) is 14.3. The molecule has 1 saturated carbocycles. The number of nitrogens with zero attached hydrogens (tertiary/aromatic N) is 1. The highest BCUT2D eigenvalue weighted by atomic mass is 16.5. The van der Waals surface area contributed by atoms with Crippen molar-refractivity contribution in [3.63, 3.8) is 0 Å². The molecule has 4 nitrogen and oxygen atoms in total. The number of hydrogen-bond acceptors (Lipinski definition) is 4. The van der Waals surface area contributed by atoms with Gasteiger partial charge in [0.1, 0.15) is 5.75 Å². The normalized spacial score (nSPS) is 14.6. The van der Waals surface area contributed by atoms with E-state index in [0.29, 0.717) is 6.61 Å². The molecule has 0 aromatic carbocycles. The van der Waals surface area contributed by atoms with Gasteiger partial charge in [-0.15, -0.1) is 0 Å². The molecule has 1 fully saturated rings. The van der Waals surface area contributed by atoms with Gasteiger partial charge in [-0.1, -0.05) is 12.8 Å². The second-order valence-electron chi connectivity index (χ2n) is 5.15. The molecule has 0 unspecified atom stereocenters.